The van der Waals surface area contributed by atoms with Gasteiger partial charge in [0.1, 0.15) is 5.52 Å². The van der Waals surface area contributed by atoms with Crippen molar-refractivity contribution in [2.75, 3.05) is 0 Å². The summed E-state index contributed by atoms with van der Waals surface area (Å²) in [5, 5.41) is 12.6. The fraction of sp³-hybridized carbons (Fsp3) is 0. The molecule has 0 saturated carbocycles. The van der Waals surface area contributed by atoms with Crippen molar-refractivity contribution in [2.45, 2.75) is 0 Å². The summed E-state index contributed by atoms with van der Waals surface area (Å²) in [4.78, 5) is 15.5. The average molecular weight is 272 g/mol. The fourth-order valence-electron chi connectivity index (χ4n) is 1.66. The Labute approximate surface area is 112 Å². The van der Waals surface area contributed by atoms with Crippen molar-refractivity contribution in [2.24, 2.45) is 0 Å². The number of benzene rings is 1. The molecule has 0 amide bonds. The molecule has 0 aliphatic heterocycles. The number of hydrogen-bond acceptors (Lipinski definition) is 5. The third kappa shape index (κ3) is 2.38. The molecule has 3 aromatic rings. The molecule has 0 fully saturated rings. The van der Waals surface area contributed by atoms with Gasteiger partial charge in [0, 0.05) is 23.1 Å². The van der Waals surface area contributed by atoms with Gasteiger partial charge in [-0.1, -0.05) is 6.07 Å². The Morgan fingerprint density at radius 1 is 1.32 bits per heavy atom. The molecule has 0 saturated heterocycles. The lowest BCUT2D eigenvalue weighted by molar-refractivity contribution is -0.384. The number of nitrogens with zero attached hydrogens (tertiary/aromatic N) is 2. The normalized spacial score (nSPS) is 11.4. The summed E-state index contributed by atoms with van der Waals surface area (Å²) in [6, 6.07) is 8.30. The van der Waals surface area contributed by atoms with Crippen LogP contribution in [0.25, 0.3) is 23.3 Å². The number of hydrogen-bond donors (Lipinski definition) is 0. The second kappa shape index (κ2) is 4.66. The van der Waals surface area contributed by atoms with Gasteiger partial charge in [-0.25, -0.2) is 4.98 Å². The van der Waals surface area contributed by atoms with Crippen molar-refractivity contribution in [3.05, 3.63) is 56.6 Å². The van der Waals surface area contributed by atoms with E-state index in [2.05, 4.69) is 4.98 Å². The first-order valence-electron chi connectivity index (χ1n) is 5.49. The molecule has 5 nitrogen and oxygen atoms in total. The van der Waals surface area contributed by atoms with E-state index < -0.39 is 4.92 Å². The number of oxazole rings is 1. The zero-order chi connectivity index (χ0) is 13.2. The van der Waals surface area contributed by atoms with Gasteiger partial charge in [0.15, 0.2) is 5.58 Å². The lowest BCUT2D eigenvalue weighted by atomic mass is 10.3. The molecule has 94 valence electrons. The minimum Gasteiger partial charge on any atom is -0.437 e. The zero-order valence-electron chi connectivity index (χ0n) is 9.65. The number of thiophene rings is 1. The largest absolute Gasteiger partial charge is 0.437 e. The Balaban J connectivity index is 1.95. The van der Waals surface area contributed by atoms with Crippen molar-refractivity contribution in [3.63, 3.8) is 0 Å². The maximum Gasteiger partial charge on any atom is 0.271 e. The van der Waals surface area contributed by atoms with Gasteiger partial charge in [0.25, 0.3) is 5.69 Å². The molecule has 0 spiro atoms. The molecule has 0 aliphatic carbocycles. The molecule has 2 aromatic heterocycles. The number of fused-ring (bicyclic) bond motifs is 1. The quantitative estimate of drug-likeness (QED) is 0.534. The smallest absolute Gasteiger partial charge is 0.271 e. The van der Waals surface area contributed by atoms with Gasteiger partial charge in [-0.2, -0.15) is 0 Å². The first-order chi connectivity index (χ1) is 9.22. The monoisotopic (exact) mass is 272 g/mol. The van der Waals surface area contributed by atoms with E-state index in [-0.39, 0.29) is 5.69 Å². The molecular formula is C13H8N2O3S. The maximum atomic E-state index is 10.7. The van der Waals surface area contributed by atoms with Crippen LogP contribution in [0, 0.1) is 10.1 Å². The maximum absolute atomic E-state index is 10.7. The van der Waals surface area contributed by atoms with Crippen molar-refractivity contribution >= 4 is 40.3 Å². The van der Waals surface area contributed by atoms with E-state index in [4.69, 9.17) is 4.42 Å². The Morgan fingerprint density at radius 3 is 2.95 bits per heavy atom. The van der Waals surface area contributed by atoms with Crippen LogP contribution in [0.1, 0.15) is 10.8 Å². The van der Waals surface area contributed by atoms with Crippen LogP contribution in [0.15, 0.2) is 40.1 Å². The summed E-state index contributed by atoms with van der Waals surface area (Å²) < 4.78 is 5.49. The van der Waals surface area contributed by atoms with Gasteiger partial charge in [0.2, 0.25) is 5.89 Å². The highest BCUT2D eigenvalue weighted by molar-refractivity contribution is 7.10. The van der Waals surface area contributed by atoms with Gasteiger partial charge in [-0.15, -0.1) is 11.3 Å². The highest BCUT2D eigenvalue weighted by atomic mass is 32.1. The number of non-ortho nitro benzene ring substituents is 1. The lowest BCUT2D eigenvalue weighted by Gasteiger charge is -1.88. The van der Waals surface area contributed by atoms with E-state index in [0.29, 0.717) is 17.0 Å². The molecule has 0 aliphatic rings. The van der Waals surface area contributed by atoms with Gasteiger partial charge in [-0.05, 0) is 23.6 Å². The SMILES string of the molecule is O=[N+]([O-])c1ccc2oc(/C=C/c3cccs3)nc2c1. The highest BCUT2D eigenvalue weighted by Crippen LogP contribution is 2.22. The van der Waals surface area contributed by atoms with Crippen molar-refractivity contribution in [1.29, 1.82) is 0 Å². The van der Waals surface area contributed by atoms with Crippen LogP contribution in [0.2, 0.25) is 0 Å². The predicted octanol–water partition coefficient (Wildman–Crippen LogP) is 3.97. The molecule has 0 unspecified atom stereocenters. The van der Waals surface area contributed by atoms with Crippen LogP contribution in [0.5, 0.6) is 0 Å². The zero-order valence-corrected chi connectivity index (χ0v) is 10.5. The fourth-order valence-corrected chi connectivity index (χ4v) is 2.28. The first-order valence-corrected chi connectivity index (χ1v) is 6.37. The topological polar surface area (TPSA) is 69.2 Å². The summed E-state index contributed by atoms with van der Waals surface area (Å²) in [6.07, 6.45) is 3.64. The van der Waals surface area contributed by atoms with E-state index in [1.165, 1.54) is 12.1 Å². The number of nitro groups is 1. The Morgan fingerprint density at radius 2 is 2.21 bits per heavy atom. The average Bonchev–Trinajstić information content (AvgIpc) is 3.04. The van der Waals surface area contributed by atoms with Gasteiger partial charge < -0.3 is 4.42 Å². The molecule has 19 heavy (non-hydrogen) atoms. The minimum atomic E-state index is -0.449. The van der Waals surface area contributed by atoms with E-state index >= 15 is 0 Å². The van der Waals surface area contributed by atoms with Crippen LogP contribution in [-0.4, -0.2) is 9.91 Å². The standard InChI is InChI=1S/C13H8N2O3S/c16-15(17)9-3-5-12-11(8-9)14-13(18-12)6-4-10-2-1-7-19-10/h1-8H/b6-4+. The summed E-state index contributed by atoms with van der Waals surface area (Å²) in [5.41, 5.74) is 1.03. The molecular weight excluding hydrogens is 264 g/mol. The third-order valence-electron chi connectivity index (χ3n) is 2.53. The summed E-state index contributed by atoms with van der Waals surface area (Å²) in [6.45, 7) is 0. The number of aromatic nitrogens is 1. The third-order valence-corrected chi connectivity index (χ3v) is 3.37. The Hall–Kier alpha value is -2.47. The minimum absolute atomic E-state index is 0.00888. The van der Waals surface area contributed by atoms with E-state index in [9.17, 15) is 10.1 Å². The van der Waals surface area contributed by atoms with E-state index in [1.807, 2.05) is 23.6 Å². The summed E-state index contributed by atoms with van der Waals surface area (Å²) >= 11 is 1.61. The van der Waals surface area contributed by atoms with Crippen molar-refractivity contribution < 1.29 is 9.34 Å². The second-order valence-electron chi connectivity index (χ2n) is 3.81. The molecule has 3 rings (SSSR count). The van der Waals surface area contributed by atoms with Gasteiger partial charge in [0.05, 0.1) is 4.92 Å². The number of nitro benzene ring substituents is 1. The summed E-state index contributed by atoms with van der Waals surface area (Å²) in [5.74, 6) is 0.434. The molecule has 0 radical (unpaired) electrons. The first kappa shape index (κ1) is 11.6. The van der Waals surface area contributed by atoms with Crippen molar-refractivity contribution in [1.82, 2.24) is 4.98 Å². The molecule has 2 heterocycles. The molecule has 0 N–H and O–H groups in total. The van der Waals surface area contributed by atoms with Gasteiger partial charge >= 0.3 is 0 Å². The van der Waals surface area contributed by atoms with E-state index in [0.717, 1.165) is 4.88 Å². The van der Waals surface area contributed by atoms with Crippen LogP contribution < -0.4 is 0 Å². The molecule has 0 atom stereocenters. The van der Waals surface area contributed by atoms with Crippen LogP contribution in [0.4, 0.5) is 5.69 Å². The van der Waals surface area contributed by atoms with Crippen molar-refractivity contribution in [3.8, 4) is 0 Å². The predicted molar refractivity (Wildman–Crippen MR) is 73.9 cm³/mol. The lowest BCUT2D eigenvalue weighted by Crippen LogP contribution is -1.86. The number of rotatable bonds is 3. The van der Waals surface area contributed by atoms with Crippen LogP contribution >= 0.6 is 11.3 Å². The molecule has 1 aromatic carbocycles. The van der Waals surface area contributed by atoms with Gasteiger partial charge in [-0.3, -0.25) is 10.1 Å². The highest BCUT2D eigenvalue weighted by Gasteiger charge is 2.10. The Kier molecular flexibility index (Phi) is 2.85. The Bertz CT molecular complexity index is 759. The second-order valence-corrected chi connectivity index (χ2v) is 4.79. The molecule has 6 heteroatoms. The molecule has 0 bridgehead atoms. The van der Waals surface area contributed by atoms with Crippen LogP contribution in [-0.2, 0) is 0 Å². The summed E-state index contributed by atoms with van der Waals surface area (Å²) in [7, 11) is 0. The van der Waals surface area contributed by atoms with Crippen LogP contribution in [0.3, 0.4) is 0 Å². The van der Waals surface area contributed by atoms with E-state index in [1.54, 1.807) is 23.5 Å².